The summed E-state index contributed by atoms with van der Waals surface area (Å²) in [5.41, 5.74) is 0.762. The minimum atomic E-state index is -2.80. The second-order valence-electron chi connectivity index (χ2n) is 3.75. The molecular weight excluding hydrogens is 236 g/mol. The van der Waals surface area contributed by atoms with Crippen LogP contribution in [0.3, 0.4) is 0 Å². The van der Waals surface area contributed by atoms with E-state index in [1.54, 1.807) is 12.1 Å². The Hall–Kier alpha value is -0.870. The molecule has 5 heteroatoms. The molecule has 1 fully saturated rings. The highest BCUT2D eigenvalue weighted by molar-refractivity contribution is 6.30. The Balaban J connectivity index is 2.28. The van der Waals surface area contributed by atoms with Crippen molar-refractivity contribution in [1.82, 2.24) is 5.32 Å². The number of alkyl halides is 2. The van der Waals surface area contributed by atoms with Crippen LogP contribution in [0.4, 0.5) is 8.78 Å². The Kier molecular flexibility index (Phi) is 3.61. The smallest absolute Gasteiger partial charge is 0.387 e. The first-order valence-corrected chi connectivity index (χ1v) is 5.49. The molecule has 2 nitrogen and oxygen atoms in total. The van der Waals surface area contributed by atoms with Crippen molar-refractivity contribution in [2.45, 2.75) is 19.0 Å². The molecule has 0 radical (unpaired) electrons. The van der Waals surface area contributed by atoms with E-state index in [1.165, 1.54) is 6.07 Å². The molecule has 1 aliphatic rings. The number of halogens is 3. The van der Waals surface area contributed by atoms with Crippen molar-refractivity contribution in [3.8, 4) is 5.75 Å². The van der Waals surface area contributed by atoms with Crippen molar-refractivity contribution >= 4 is 11.6 Å². The predicted molar refractivity (Wildman–Crippen MR) is 58.3 cm³/mol. The van der Waals surface area contributed by atoms with E-state index in [-0.39, 0.29) is 11.7 Å². The summed E-state index contributed by atoms with van der Waals surface area (Å²) in [6.07, 6.45) is 0.917. The first-order valence-electron chi connectivity index (χ1n) is 5.12. The lowest BCUT2D eigenvalue weighted by Crippen LogP contribution is -2.10. The molecular formula is C11H12ClF2NO. The summed E-state index contributed by atoms with van der Waals surface area (Å²) in [5, 5.41) is 3.73. The predicted octanol–water partition coefficient (Wildman–Crippen LogP) is 3.02. The zero-order chi connectivity index (χ0) is 11.5. The van der Waals surface area contributed by atoms with Crippen molar-refractivity contribution in [2.24, 2.45) is 0 Å². The van der Waals surface area contributed by atoms with Crippen LogP contribution in [0.1, 0.15) is 17.9 Å². The highest BCUT2D eigenvalue weighted by atomic mass is 35.5. The van der Waals surface area contributed by atoms with Gasteiger partial charge in [-0.05, 0) is 31.2 Å². The zero-order valence-electron chi connectivity index (χ0n) is 8.55. The van der Waals surface area contributed by atoms with Gasteiger partial charge in [0.15, 0.2) is 0 Å². The van der Waals surface area contributed by atoms with Gasteiger partial charge >= 0.3 is 6.61 Å². The summed E-state index contributed by atoms with van der Waals surface area (Å²) in [5.74, 6) is 0.431. The van der Waals surface area contributed by atoms with Gasteiger partial charge in [-0.15, -0.1) is 0 Å². The van der Waals surface area contributed by atoms with Crippen LogP contribution >= 0.6 is 11.6 Å². The molecule has 1 unspecified atom stereocenters. The van der Waals surface area contributed by atoms with E-state index in [1.807, 2.05) is 0 Å². The number of hydrogen-bond acceptors (Lipinski definition) is 2. The van der Waals surface area contributed by atoms with E-state index in [0.29, 0.717) is 5.02 Å². The van der Waals surface area contributed by atoms with E-state index in [0.717, 1.165) is 25.1 Å². The maximum atomic E-state index is 12.2. The summed E-state index contributed by atoms with van der Waals surface area (Å²) < 4.78 is 28.9. The van der Waals surface area contributed by atoms with Crippen molar-refractivity contribution < 1.29 is 13.5 Å². The number of benzene rings is 1. The van der Waals surface area contributed by atoms with Crippen LogP contribution in [0.2, 0.25) is 5.02 Å². The molecule has 0 aromatic heterocycles. The minimum absolute atomic E-state index is 0.201. The highest BCUT2D eigenvalue weighted by Gasteiger charge is 2.21. The lowest BCUT2D eigenvalue weighted by Gasteiger charge is -2.15. The second kappa shape index (κ2) is 4.97. The summed E-state index contributed by atoms with van der Waals surface area (Å²) in [4.78, 5) is 0. The average Bonchev–Trinajstić information content (AvgIpc) is 2.73. The Morgan fingerprint density at radius 1 is 1.44 bits per heavy atom. The van der Waals surface area contributed by atoms with Gasteiger partial charge in [0.05, 0.1) is 0 Å². The summed E-state index contributed by atoms with van der Waals surface area (Å²) in [6, 6.07) is 4.77. The summed E-state index contributed by atoms with van der Waals surface area (Å²) in [7, 11) is 0. The normalized spacial score (nSPS) is 20.4. The van der Waals surface area contributed by atoms with E-state index in [9.17, 15) is 8.78 Å². The monoisotopic (exact) mass is 247 g/mol. The molecule has 0 spiro atoms. The van der Waals surface area contributed by atoms with Crippen LogP contribution in [-0.4, -0.2) is 19.7 Å². The summed E-state index contributed by atoms with van der Waals surface area (Å²) in [6.45, 7) is -1.13. The lowest BCUT2D eigenvalue weighted by atomic mass is 9.97. The molecule has 0 amide bonds. The lowest BCUT2D eigenvalue weighted by molar-refractivity contribution is -0.0505. The first kappa shape index (κ1) is 11.6. The molecule has 1 saturated heterocycles. The van der Waals surface area contributed by atoms with Gasteiger partial charge in [0.2, 0.25) is 0 Å². The Labute approximate surface area is 97.5 Å². The molecule has 0 bridgehead atoms. The number of ether oxygens (including phenoxy) is 1. The van der Waals surface area contributed by atoms with Gasteiger partial charge in [-0.1, -0.05) is 11.6 Å². The SMILES string of the molecule is FC(F)Oc1ccc(Cl)cc1C1CCNC1. The van der Waals surface area contributed by atoms with Gasteiger partial charge in [0.25, 0.3) is 0 Å². The van der Waals surface area contributed by atoms with E-state index in [4.69, 9.17) is 11.6 Å². The van der Waals surface area contributed by atoms with Gasteiger partial charge in [0, 0.05) is 23.0 Å². The molecule has 1 heterocycles. The number of nitrogens with one attached hydrogen (secondary N) is 1. The Bertz CT molecular complexity index is 367. The maximum Gasteiger partial charge on any atom is 0.387 e. The van der Waals surface area contributed by atoms with E-state index < -0.39 is 6.61 Å². The first-order chi connectivity index (χ1) is 7.66. The van der Waals surface area contributed by atoms with Gasteiger partial charge in [-0.25, -0.2) is 0 Å². The van der Waals surface area contributed by atoms with Gasteiger partial charge < -0.3 is 10.1 Å². The van der Waals surface area contributed by atoms with Gasteiger partial charge in [-0.2, -0.15) is 8.78 Å². The molecule has 1 atom stereocenters. The Morgan fingerprint density at radius 3 is 2.88 bits per heavy atom. The molecule has 1 aromatic rings. The number of hydrogen-bond donors (Lipinski definition) is 1. The minimum Gasteiger partial charge on any atom is -0.435 e. The molecule has 1 N–H and O–H groups in total. The van der Waals surface area contributed by atoms with Crippen LogP contribution in [0.25, 0.3) is 0 Å². The summed E-state index contributed by atoms with van der Waals surface area (Å²) >= 11 is 5.87. The van der Waals surface area contributed by atoms with Crippen LogP contribution in [0.5, 0.6) is 5.75 Å². The van der Waals surface area contributed by atoms with E-state index >= 15 is 0 Å². The standard InChI is InChI=1S/C11H12ClF2NO/c12-8-1-2-10(16-11(13)14)9(5-8)7-3-4-15-6-7/h1-2,5,7,11,15H,3-4,6H2. The molecule has 88 valence electrons. The molecule has 16 heavy (non-hydrogen) atoms. The fraction of sp³-hybridized carbons (Fsp3) is 0.455. The van der Waals surface area contributed by atoms with Crippen LogP contribution in [0.15, 0.2) is 18.2 Å². The van der Waals surface area contributed by atoms with Crippen molar-refractivity contribution in [1.29, 1.82) is 0 Å². The third-order valence-electron chi connectivity index (χ3n) is 2.69. The molecule has 1 aliphatic heterocycles. The molecule has 2 rings (SSSR count). The molecule has 0 aliphatic carbocycles. The van der Waals surface area contributed by atoms with Crippen molar-refractivity contribution in [2.75, 3.05) is 13.1 Å². The second-order valence-corrected chi connectivity index (χ2v) is 4.19. The van der Waals surface area contributed by atoms with Crippen LogP contribution in [-0.2, 0) is 0 Å². The third kappa shape index (κ3) is 2.62. The largest absolute Gasteiger partial charge is 0.435 e. The maximum absolute atomic E-state index is 12.2. The van der Waals surface area contributed by atoms with Crippen LogP contribution < -0.4 is 10.1 Å². The average molecular weight is 248 g/mol. The zero-order valence-corrected chi connectivity index (χ0v) is 9.31. The Morgan fingerprint density at radius 2 is 2.25 bits per heavy atom. The van der Waals surface area contributed by atoms with Gasteiger partial charge in [0.1, 0.15) is 5.75 Å². The van der Waals surface area contributed by atoms with Crippen molar-refractivity contribution in [3.63, 3.8) is 0 Å². The molecule has 1 aromatic carbocycles. The topological polar surface area (TPSA) is 21.3 Å². The highest BCUT2D eigenvalue weighted by Crippen LogP contribution is 2.33. The quantitative estimate of drug-likeness (QED) is 0.887. The van der Waals surface area contributed by atoms with Gasteiger partial charge in [-0.3, -0.25) is 0 Å². The fourth-order valence-electron chi connectivity index (χ4n) is 1.96. The van der Waals surface area contributed by atoms with Crippen molar-refractivity contribution in [3.05, 3.63) is 28.8 Å². The van der Waals surface area contributed by atoms with E-state index in [2.05, 4.69) is 10.1 Å². The molecule has 0 saturated carbocycles. The fourth-order valence-corrected chi connectivity index (χ4v) is 2.14. The van der Waals surface area contributed by atoms with Crippen LogP contribution in [0, 0.1) is 0 Å². The third-order valence-corrected chi connectivity index (χ3v) is 2.92. The number of rotatable bonds is 3.